The molecule has 1 unspecified atom stereocenters. The van der Waals surface area contributed by atoms with Crippen molar-refractivity contribution in [3.8, 4) is 0 Å². The minimum atomic E-state index is -0.255. The second-order valence-electron chi connectivity index (χ2n) is 6.26. The van der Waals surface area contributed by atoms with E-state index in [0.29, 0.717) is 13.0 Å². The number of rotatable bonds is 6. The molecule has 1 aliphatic rings. The van der Waals surface area contributed by atoms with Crippen molar-refractivity contribution in [2.24, 2.45) is 5.73 Å². The largest absolute Gasteiger partial charge is 0.355 e. The first-order valence-electron chi connectivity index (χ1n) is 7.93. The number of hydrogen-bond acceptors (Lipinski definition) is 2. The fourth-order valence-electron chi connectivity index (χ4n) is 2.94. The summed E-state index contributed by atoms with van der Waals surface area (Å²) in [6.07, 6.45) is 2.54. The average Bonchev–Trinajstić information content (AvgIpc) is 3.35. The molecular formula is C19H21BrN2O. The number of amides is 1. The number of benzene rings is 2. The van der Waals surface area contributed by atoms with Crippen LogP contribution in [-0.2, 0) is 10.2 Å². The van der Waals surface area contributed by atoms with Crippen molar-refractivity contribution in [2.75, 3.05) is 6.54 Å². The first kappa shape index (κ1) is 16.2. The molecule has 2 aromatic rings. The number of nitrogens with two attached hydrogens (primary N) is 1. The van der Waals surface area contributed by atoms with Crippen molar-refractivity contribution >= 4 is 21.8 Å². The van der Waals surface area contributed by atoms with E-state index in [0.717, 1.165) is 22.9 Å². The molecular weight excluding hydrogens is 352 g/mol. The molecule has 23 heavy (non-hydrogen) atoms. The molecule has 0 bridgehead atoms. The zero-order valence-corrected chi connectivity index (χ0v) is 14.6. The van der Waals surface area contributed by atoms with E-state index in [2.05, 4.69) is 33.4 Å². The molecule has 0 heterocycles. The third-order valence-electron chi connectivity index (χ3n) is 4.56. The number of nitrogens with one attached hydrogen (secondary N) is 1. The summed E-state index contributed by atoms with van der Waals surface area (Å²) in [4.78, 5) is 12.2. The standard InChI is InChI=1S/C19H21BrN2O/c20-16-9-5-4-8-15(16)19(10-11-19)13-22-18(23)12-17(21)14-6-2-1-3-7-14/h1-9,17H,10-13,21H2,(H,22,23). The summed E-state index contributed by atoms with van der Waals surface area (Å²) in [5, 5.41) is 3.07. The van der Waals surface area contributed by atoms with Gasteiger partial charge in [-0.05, 0) is 30.0 Å². The van der Waals surface area contributed by atoms with Gasteiger partial charge in [-0.2, -0.15) is 0 Å². The van der Waals surface area contributed by atoms with E-state index in [-0.39, 0.29) is 17.4 Å². The molecule has 0 saturated heterocycles. The molecule has 1 fully saturated rings. The van der Waals surface area contributed by atoms with Crippen molar-refractivity contribution in [3.05, 3.63) is 70.2 Å². The van der Waals surface area contributed by atoms with Crippen LogP contribution in [-0.4, -0.2) is 12.5 Å². The van der Waals surface area contributed by atoms with Gasteiger partial charge in [-0.3, -0.25) is 4.79 Å². The van der Waals surface area contributed by atoms with Gasteiger partial charge in [0.25, 0.3) is 0 Å². The Morgan fingerprint density at radius 2 is 1.78 bits per heavy atom. The molecule has 1 aliphatic carbocycles. The Hall–Kier alpha value is -1.65. The van der Waals surface area contributed by atoms with E-state index in [9.17, 15) is 4.79 Å². The predicted molar refractivity (Wildman–Crippen MR) is 96.1 cm³/mol. The fourth-order valence-corrected chi connectivity index (χ4v) is 3.65. The Kier molecular flexibility index (Phi) is 4.83. The van der Waals surface area contributed by atoms with Gasteiger partial charge in [0.15, 0.2) is 0 Å². The molecule has 1 atom stereocenters. The maximum absolute atomic E-state index is 12.2. The Bertz CT molecular complexity index is 683. The molecule has 3 nitrogen and oxygen atoms in total. The van der Waals surface area contributed by atoms with Crippen LogP contribution in [0.15, 0.2) is 59.1 Å². The molecule has 2 aromatic carbocycles. The zero-order valence-electron chi connectivity index (χ0n) is 13.0. The monoisotopic (exact) mass is 372 g/mol. The molecule has 0 radical (unpaired) electrons. The summed E-state index contributed by atoms with van der Waals surface area (Å²) in [5.74, 6) is 0.0136. The molecule has 3 N–H and O–H groups in total. The van der Waals surface area contributed by atoms with Crippen LogP contribution in [0.4, 0.5) is 0 Å². The first-order valence-corrected chi connectivity index (χ1v) is 8.72. The minimum absolute atomic E-state index is 0.0136. The number of halogens is 1. The van der Waals surface area contributed by atoms with Crippen LogP contribution >= 0.6 is 15.9 Å². The molecule has 1 saturated carbocycles. The van der Waals surface area contributed by atoms with Crippen LogP contribution in [0.25, 0.3) is 0 Å². The average molecular weight is 373 g/mol. The maximum atomic E-state index is 12.2. The van der Waals surface area contributed by atoms with Gasteiger partial charge in [-0.25, -0.2) is 0 Å². The number of carbonyl (C=O) groups excluding carboxylic acids is 1. The van der Waals surface area contributed by atoms with E-state index < -0.39 is 0 Å². The normalized spacial score (nSPS) is 16.6. The predicted octanol–water partition coefficient (Wildman–Crippen LogP) is 3.69. The smallest absolute Gasteiger partial charge is 0.221 e. The third kappa shape index (κ3) is 3.82. The summed E-state index contributed by atoms with van der Waals surface area (Å²) in [6.45, 7) is 0.677. The van der Waals surface area contributed by atoms with Crippen molar-refractivity contribution < 1.29 is 4.79 Å². The van der Waals surface area contributed by atoms with Crippen LogP contribution in [0, 0.1) is 0 Å². The fraction of sp³-hybridized carbons (Fsp3) is 0.316. The van der Waals surface area contributed by atoms with E-state index in [1.54, 1.807) is 0 Å². The Morgan fingerprint density at radius 1 is 1.13 bits per heavy atom. The maximum Gasteiger partial charge on any atom is 0.221 e. The summed E-state index contributed by atoms with van der Waals surface area (Å²) in [5.41, 5.74) is 8.49. The summed E-state index contributed by atoms with van der Waals surface area (Å²) in [6, 6.07) is 17.8. The van der Waals surface area contributed by atoms with Gasteiger partial charge in [-0.15, -0.1) is 0 Å². The van der Waals surface area contributed by atoms with Crippen LogP contribution in [0.2, 0.25) is 0 Å². The Balaban J connectivity index is 1.56. The van der Waals surface area contributed by atoms with Crippen LogP contribution < -0.4 is 11.1 Å². The van der Waals surface area contributed by atoms with Gasteiger partial charge >= 0.3 is 0 Å². The van der Waals surface area contributed by atoms with Gasteiger partial charge in [0.1, 0.15) is 0 Å². The second kappa shape index (κ2) is 6.85. The lowest BCUT2D eigenvalue weighted by atomic mass is 9.96. The highest BCUT2D eigenvalue weighted by molar-refractivity contribution is 9.10. The van der Waals surface area contributed by atoms with Crippen LogP contribution in [0.5, 0.6) is 0 Å². The molecule has 3 rings (SSSR count). The van der Waals surface area contributed by atoms with E-state index in [1.807, 2.05) is 42.5 Å². The summed E-state index contributed by atoms with van der Waals surface area (Å²) < 4.78 is 1.12. The van der Waals surface area contributed by atoms with Gasteiger partial charge in [-0.1, -0.05) is 64.5 Å². The zero-order chi connectivity index (χ0) is 16.3. The van der Waals surface area contributed by atoms with E-state index in [4.69, 9.17) is 5.73 Å². The minimum Gasteiger partial charge on any atom is -0.355 e. The highest BCUT2D eigenvalue weighted by Gasteiger charge is 2.45. The number of carbonyl (C=O) groups is 1. The van der Waals surface area contributed by atoms with E-state index >= 15 is 0 Å². The molecule has 4 heteroatoms. The third-order valence-corrected chi connectivity index (χ3v) is 5.25. The van der Waals surface area contributed by atoms with Gasteiger partial charge in [0, 0.05) is 28.9 Å². The van der Waals surface area contributed by atoms with Gasteiger partial charge in [0.2, 0.25) is 5.91 Å². The van der Waals surface area contributed by atoms with Crippen LogP contribution in [0.3, 0.4) is 0 Å². The number of hydrogen-bond donors (Lipinski definition) is 2. The molecule has 0 spiro atoms. The van der Waals surface area contributed by atoms with Crippen LogP contribution in [0.1, 0.15) is 36.4 Å². The molecule has 120 valence electrons. The van der Waals surface area contributed by atoms with E-state index in [1.165, 1.54) is 5.56 Å². The topological polar surface area (TPSA) is 55.1 Å². The van der Waals surface area contributed by atoms with Crippen molar-refractivity contribution in [1.82, 2.24) is 5.32 Å². The van der Waals surface area contributed by atoms with Gasteiger partial charge in [0.05, 0.1) is 0 Å². The highest BCUT2D eigenvalue weighted by Crippen LogP contribution is 2.49. The Labute approximate surface area is 145 Å². The molecule has 0 aliphatic heterocycles. The molecule has 0 aromatic heterocycles. The van der Waals surface area contributed by atoms with Gasteiger partial charge < -0.3 is 11.1 Å². The molecule has 1 amide bonds. The SMILES string of the molecule is NC(CC(=O)NCC1(c2ccccc2Br)CC1)c1ccccc1. The first-order chi connectivity index (χ1) is 11.1. The van der Waals surface area contributed by atoms with Crippen molar-refractivity contribution in [3.63, 3.8) is 0 Å². The highest BCUT2D eigenvalue weighted by atomic mass is 79.9. The lowest BCUT2D eigenvalue weighted by molar-refractivity contribution is -0.121. The van der Waals surface area contributed by atoms with Crippen molar-refractivity contribution in [2.45, 2.75) is 30.7 Å². The quantitative estimate of drug-likeness (QED) is 0.812. The summed E-state index contributed by atoms with van der Waals surface area (Å²) >= 11 is 3.62. The van der Waals surface area contributed by atoms with Crippen molar-refractivity contribution in [1.29, 1.82) is 0 Å². The second-order valence-corrected chi connectivity index (χ2v) is 7.11. The lowest BCUT2D eigenvalue weighted by Gasteiger charge is -2.19. The summed E-state index contributed by atoms with van der Waals surface area (Å²) in [7, 11) is 0. The lowest BCUT2D eigenvalue weighted by Crippen LogP contribution is -2.34. The Morgan fingerprint density at radius 3 is 2.43 bits per heavy atom.